The summed E-state index contributed by atoms with van der Waals surface area (Å²) in [6, 6.07) is 16.9. The van der Waals surface area contributed by atoms with Gasteiger partial charge in [0.15, 0.2) is 23.6 Å². The lowest BCUT2D eigenvalue weighted by Gasteiger charge is -2.26. The molecular weight excluding hydrogens is 603 g/mol. The van der Waals surface area contributed by atoms with Crippen LogP contribution in [-0.4, -0.2) is 93.6 Å². The van der Waals surface area contributed by atoms with Crippen LogP contribution in [0, 0.1) is 10.8 Å². The fourth-order valence-corrected chi connectivity index (χ4v) is 5.09. The summed E-state index contributed by atoms with van der Waals surface area (Å²) in [5, 5.41) is 31.5. The molecule has 0 atom stereocenters. The van der Waals surface area contributed by atoms with Crippen LogP contribution in [0.5, 0.6) is 0 Å². The van der Waals surface area contributed by atoms with E-state index in [1.807, 2.05) is 9.80 Å². The summed E-state index contributed by atoms with van der Waals surface area (Å²) >= 11 is 0. The van der Waals surface area contributed by atoms with Gasteiger partial charge in [-0.15, -0.1) is 10.2 Å². The number of nitrogens with zero attached hydrogens (tertiary/aromatic N) is 5. The molecular formula is C31H36F3N9O3. The molecule has 0 bridgehead atoms. The van der Waals surface area contributed by atoms with Crippen molar-refractivity contribution in [3.63, 3.8) is 0 Å². The fraction of sp³-hybridized carbons (Fsp3) is 0.323. The number of hydrogen-bond acceptors (Lipinski definition) is 6. The van der Waals surface area contributed by atoms with Gasteiger partial charge in [-0.25, -0.2) is 4.79 Å². The number of hydrogen-bond donors (Lipinski definition) is 5. The number of nitrogens with one attached hydrogen (secondary N) is 2. The molecule has 0 saturated carbocycles. The largest absolute Gasteiger partial charge is 0.490 e. The lowest BCUT2D eigenvalue weighted by atomic mass is 9.98. The van der Waals surface area contributed by atoms with Crippen molar-refractivity contribution in [1.29, 1.82) is 10.8 Å². The van der Waals surface area contributed by atoms with Crippen LogP contribution in [0.25, 0.3) is 33.9 Å². The molecule has 0 saturated heterocycles. The lowest BCUT2D eigenvalue weighted by molar-refractivity contribution is -0.192. The summed E-state index contributed by atoms with van der Waals surface area (Å²) in [5.74, 6) is -0.913. The number of nitrogens with two attached hydrogens (primary N) is 2. The Morgan fingerprint density at radius 2 is 1.20 bits per heavy atom. The third-order valence-electron chi connectivity index (χ3n) is 7.64. The summed E-state index contributed by atoms with van der Waals surface area (Å²) in [5.41, 5.74) is 18.1. The van der Waals surface area contributed by atoms with Crippen molar-refractivity contribution < 1.29 is 27.8 Å². The summed E-state index contributed by atoms with van der Waals surface area (Å²) in [7, 11) is 1.70. The number of methoxy groups -OCH3 is 1. The van der Waals surface area contributed by atoms with Crippen LogP contribution in [0.2, 0.25) is 0 Å². The van der Waals surface area contributed by atoms with Gasteiger partial charge in [0.25, 0.3) is 0 Å². The first-order valence-electron chi connectivity index (χ1n) is 14.4. The van der Waals surface area contributed by atoms with Crippen LogP contribution < -0.4 is 11.5 Å². The number of aromatic nitrogens is 3. The highest BCUT2D eigenvalue weighted by molar-refractivity contribution is 5.78. The van der Waals surface area contributed by atoms with Gasteiger partial charge in [0.2, 0.25) is 0 Å². The minimum atomic E-state index is -5.08. The third-order valence-corrected chi connectivity index (χ3v) is 7.64. The number of halogens is 3. The smallest absolute Gasteiger partial charge is 0.475 e. The second-order valence-electron chi connectivity index (χ2n) is 10.6. The van der Waals surface area contributed by atoms with Gasteiger partial charge in [0, 0.05) is 51.0 Å². The molecule has 15 heteroatoms. The molecule has 0 amide bonds. The zero-order chi connectivity index (χ0) is 33.4. The number of carboxylic acid groups (broad SMARTS) is 1. The average molecular weight is 640 g/mol. The van der Waals surface area contributed by atoms with E-state index < -0.39 is 12.1 Å². The van der Waals surface area contributed by atoms with E-state index in [0.717, 1.165) is 48.7 Å². The Hall–Kier alpha value is -5.18. The molecule has 3 aromatic rings. The number of rotatable bonds is 7. The Morgan fingerprint density at radius 3 is 1.48 bits per heavy atom. The van der Waals surface area contributed by atoms with E-state index in [-0.39, 0.29) is 11.9 Å². The molecule has 0 fully saturated rings. The molecule has 0 radical (unpaired) electrons. The van der Waals surface area contributed by atoms with Crippen molar-refractivity contribution >= 4 is 29.0 Å². The first-order valence-corrected chi connectivity index (χ1v) is 14.4. The van der Waals surface area contributed by atoms with Gasteiger partial charge in [-0.3, -0.25) is 10.8 Å². The second-order valence-corrected chi connectivity index (χ2v) is 10.6. The Labute approximate surface area is 263 Å². The van der Waals surface area contributed by atoms with E-state index in [0.29, 0.717) is 26.2 Å². The topological polar surface area (TPSA) is 183 Å². The van der Waals surface area contributed by atoms with Gasteiger partial charge in [-0.05, 0) is 35.1 Å². The normalized spacial score (nSPS) is 15.0. The summed E-state index contributed by atoms with van der Waals surface area (Å²) in [6.07, 6.45) is 0.918. The van der Waals surface area contributed by atoms with Gasteiger partial charge < -0.3 is 35.7 Å². The maximum atomic E-state index is 10.6. The monoisotopic (exact) mass is 639 g/mol. The van der Waals surface area contributed by atoms with E-state index in [1.165, 1.54) is 22.3 Å². The number of guanidine groups is 2. The number of carbonyl (C=O) groups is 1. The minimum absolute atomic E-state index is 0.119. The molecule has 244 valence electrons. The molecule has 2 aliphatic rings. The van der Waals surface area contributed by atoms with E-state index in [4.69, 9.17) is 36.9 Å². The van der Waals surface area contributed by atoms with Crippen LogP contribution in [-0.2, 0) is 16.1 Å². The molecule has 46 heavy (non-hydrogen) atoms. The SMILES string of the molecule is COCCn1c(-c2ccc(C3=CCN(C(=N)N)CC3)cc2)nnc1-c1ccc(C2=CCN(C(=N)N)CC2)cc1.O=C(O)C(F)(F)F. The lowest BCUT2D eigenvalue weighted by Crippen LogP contribution is -2.39. The second kappa shape index (κ2) is 14.7. The molecule has 12 nitrogen and oxygen atoms in total. The first-order chi connectivity index (χ1) is 21.9. The molecule has 3 heterocycles. The standard InChI is InChI=1S/C29H35N9O.C2HF3O2/c1-39-19-18-38-26(24-6-2-20(3-7-24)22-10-14-36(15-11-22)28(30)31)34-35-27(38)25-8-4-21(5-9-25)23-12-16-37(17-13-23)29(32)33;3-2(4,5)1(6)7/h2-10,12H,11,13-19H2,1H3,(H3,30,31)(H3,32,33);(H,6,7). The maximum Gasteiger partial charge on any atom is 0.490 e. The molecule has 2 aromatic carbocycles. The van der Waals surface area contributed by atoms with E-state index >= 15 is 0 Å². The predicted molar refractivity (Wildman–Crippen MR) is 169 cm³/mol. The van der Waals surface area contributed by atoms with Gasteiger partial charge in [-0.1, -0.05) is 60.7 Å². The molecule has 7 N–H and O–H groups in total. The number of carboxylic acids is 1. The molecule has 0 unspecified atom stereocenters. The minimum Gasteiger partial charge on any atom is -0.475 e. The zero-order valence-electron chi connectivity index (χ0n) is 25.2. The van der Waals surface area contributed by atoms with Crippen LogP contribution >= 0.6 is 0 Å². The average Bonchev–Trinajstić information content (AvgIpc) is 3.47. The van der Waals surface area contributed by atoms with Crippen molar-refractivity contribution in [2.45, 2.75) is 25.6 Å². The molecule has 5 rings (SSSR count). The summed E-state index contributed by atoms with van der Waals surface area (Å²) < 4.78 is 39.2. The third kappa shape index (κ3) is 8.29. The van der Waals surface area contributed by atoms with E-state index in [9.17, 15) is 13.2 Å². The highest BCUT2D eigenvalue weighted by Gasteiger charge is 2.38. The van der Waals surface area contributed by atoms with Crippen LogP contribution in [0.15, 0.2) is 60.7 Å². The van der Waals surface area contributed by atoms with Gasteiger partial charge in [0.1, 0.15) is 0 Å². The number of alkyl halides is 3. The quantitative estimate of drug-likeness (QED) is 0.189. The van der Waals surface area contributed by atoms with Gasteiger partial charge in [0.05, 0.1) is 6.61 Å². The summed E-state index contributed by atoms with van der Waals surface area (Å²) in [6.45, 7) is 4.01. The van der Waals surface area contributed by atoms with Crippen LogP contribution in [0.1, 0.15) is 24.0 Å². The molecule has 2 aliphatic heterocycles. The Bertz CT molecular complexity index is 1510. The van der Waals surface area contributed by atoms with Crippen LogP contribution in [0.3, 0.4) is 0 Å². The zero-order valence-corrected chi connectivity index (χ0v) is 25.2. The fourth-order valence-electron chi connectivity index (χ4n) is 5.09. The van der Waals surface area contributed by atoms with Gasteiger partial charge in [-0.2, -0.15) is 13.2 Å². The molecule has 0 spiro atoms. The maximum absolute atomic E-state index is 10.6. The van der Waals surface area contributed by atoms with E-state index in [2.05, 4.69) is 75.4 Å². The van der Waals surface area contributed by atoms with Gasteiger partial charge >= 0.3 is 12.1 Å². The van der Waals surface area contributed by atoms with Crippen molar-refractivity contribution in [3.05, 3.63) is 71.8 Å². The molecule has 1 aromatic heterocycles. The van der Waals surface area contributed by atoms with E-state index in [1.54, 1.807) is 7.11 Å². The predicted octanol–water partition coefficient (Wildman–Crippen LogP) is 3.86. The van der Waals surface area contributed by atoms with Crippen molar-refractivity contribution in [1.82, 2.24) is 24.6 Å². The Kier molecular flexibility index (Phi) is 10.8. The molecule has 0 aliphatic carbocycles. The first kappa shape index (κ1) is 33.7. The Morgan fingerprint density at radius 1 is 0.826 bits per heavy atom. The van der Waals surface area contributed by atoms with Crippen LogP contribution in [0.4, 0.5) is 13.2 Å². The van der Waals surface area contributed by atoms with Crippen molar-refractivity contribution in [2.75, 3.05) is 39.9 Å². The highest BCUT2D eigenvalue weighted by Crippen LogP contribution is 2.30. The highest BCUT2D eigenvalue weighted by atomic mass is 19.4. The number of ether oxygens (including phenoxy) is 1. The van der Waals surface area contributed by atoms with Crippen molar-refractivity contribution in [3.8, 4) is 22.8 Å². The van der Waals surface area contributed by atoms with Crippen molar-refractivity contribution in [2.24, 2.45) is 11.5 Å². The summed E-state index contributed by atoms with van der Waals surface area (Å²) in [4.78, 5) is 12.6. The number of benzene rings is 2. The number of aliphatic carboxylic acids is 1. The Balaban J connectivity index is 0.000000617.